The van der Waals surface area contributed by atoms with Crippen molar-refractivity contribution < 1.29 is 14.2 Å². The number of guanidine groups is 1. The Hall–Kier alpha value is -2.76. The van der Waals surface area contributed by atoms with Crippen molar-refractivity contribution in [2.75, 3.05) is 20.2 Å². The van der Waals surface area contributed by atoms with Gasteiger partial charge in [0.2, 0.25) is 0 Å². The fraction of sp³-hybridized carbons (Fsp3) is 0.316. The van der Waals surface area contributed by atoms with Crippen molar-refractivity contribution in [1.29, 1.82) is 0 Å². The van der Waals surface area contributed by atoms with Crippen molar-refractivity contribution in [3.05, 3.63) is 59.4 Å². The predicted octanol–water partition coefficient (Wildman–Crippen LogP) is 2.84. The third-order valence-corrected chi connectivity index (χ3v) is 3.63. The molecule has 0 fully saturated rings. The van der Waals surface area contributed by atoms with E-state index in [2.05, 4.69) is 15.6 Å². The molecule has 0 spiro atoms. The van der Waals surface area contributed by atoms with E-state index in [9.17, 15) is 9.50 Å². The second kappa shape index (κ2) is 9.52. The molecule has 5 nitrogen and oxygen atoms in total. The van der Waals surface area contributed by atoms with E-state index in [-0.39, 0.29) is 11.6 Å². The first-order valence-electron chi connectivity index (χ1n) is 8.25. The van der Waals surface area contributed by atoms with E-state index >= 15 is 0 Å². The van der Waals surface area contributed by atoms with E-state index in [1.807, 2.05) is 13.0 Å². The average molecular weight is 345 g/mol. The highest BCUT2D eigenvalue weighted by atomic mass is 19.1. The highest BCUT2D eigenvalue weighted by molar-refractivity contribution is 5.79. The van der Waals surface area contributed by atoms with Crippen molar-refractivity contribution in [3.63, 3.8) is 0 Å². The van der Waals surface area contributed by atoms with Crippen molar-refractivity contribution in [2.24, 2.45) is 4.99 Å². The van der Waals surface area contributed by atoms with Gasteiger partial charge in [-0.2, -0.15) is 0 Å². The molecule has 0 bridgehead atoms. The van der Waals surface area contributed by atoms with Crippen LogP contribution in [0.1, 0.15) is 18.1 Å². The molecule has 2 rings (SSSR count). The number of aliphatic imine (C=N–C) groups is 1. The second-order valence-electron chi connectivity index (χ2n) is 5.50. The van der Waals surface area contributed by atoms with Gasteiger partial charge in [-0.3, -0.25) is 0 Å². The summed E-state index contributed by atoms with van der Waals surface area (Å²) in [5.74, 6) is 1.01. The van der Waals surface area contributed by atoms with Crippen molar-refractivity contribution >= 4 is 5.96 Å². The van der Waals surface area contributed by atoms with E-state index in [1.54, 1.807) is 24.3 Å². The van der Waals surface area contributed by atoms with Gasteiger partial charge in [-0.05, 0) is 48.7 Å². The molecule has 6 heteroatoms. The number of ether oxygens (including phenoxy) is 1. The van der Waals surface area contributed by atoms with Crippen molar-refractivity contribution in [3.8, 4) is 11.5 Å². The fourth-order valence-corrected chi connectivity index (χ4v) is 2.32. The summed E-state index contributed by atoms with van der Waals surface area (Å²) >= 11 is 0. The van der Waals surface area contributed by atoms with Gasteiger partial charge in [0.15, 0.2) is 17.5 Å². The van der Waals surface area contributed by atoms with Crippen LogP contribution in [0.15, 0.2) is 47.5 Å². The van der Waals surface area contributed by atoms with Crippen LogP contribution in [0, 0.1) is 5.82 Å². The number of rotatable bonds is 7. The summed E-state index contributed by atoms with van der Waals surface area (Å²) in [6.45, 7) is 3.86. The van der Waals surface area contributed by atoms with Crippen LogP contribution < -0.4 is 15.4 Å². The molecule has 2 aromatic carbocycles. The Kier molecular flexibility index (Phi) is 7.07. The van der Waals surface area contributed by atoms with Crippen LogP contribution in [-0.4, -0.2) is 31.3 Å². The lowest BCUT2D eigenvalue weighted by Crippen LogP contribution is -2.38. The summed E-state index contributed by atoms with van der Waals surface area (Å²) in [7, 11) is 1.52. The van der Waals surface area contributed by atoms with Crippen LogP contribution in [0.25, 0.3) is 0 Å². The number of hydrogen-bond acceptors (Lipinski definition) is 3. The molecule has 0 saturated carbocycles. The van der Waals surface area contributed by atoms with Crippen molar-refractivity contribution in [1.82, 2.24) is 10.6 Å². The Morgan fingerprint density at radius 1 is 1.12 bits per heavy atom. The number of halogens is 1. The minimum atomic E-state index is -0.227. The van der Waals surface area contributed by atoms with Crippen LogP contribution in [0.2, 0.25) is 0 Å². The lowest BCUT2D eigenvalue weighted by atomic mass is 10.1. The van der Waals surface area contributed by atoms with Gasteiger partial charge < -0.3 is 20.5 Å². The van der Waals surface area contributed by atoms with Crippen molar-refractivity contribution in [2.45, 2.75) is 19.9 Å². The number of hydrogen-bond donors (Lipinski definition) is 3. The number of benzene rings is 2. The minimum Gasteiger partial charge on any atom is -0.504 e. The van der Waals surface area contributed by atoms with Gasteiger partial charge in [0.25, 0.3) is 0 Å². The summed E-state index contributed by atoms with van der Waals surface area (Å²) in [6.07, 6.45) is 0.772. The molecule has 0 amide bonds. The maximum Gasteiger partial charge on any atom is 0.191 e. The predicted molar refractivity (Wildman–Crippen MR) is 97.6 cm³/mol. The van der Waals surface area contributed by atoms with Gasteiger partial charge in [-0.1, -0.05) is 18.2 Å². The standard InChI is InChI=1S/C19H24FN3O2/c1-3-21-19(22-11-10-14-4-7-16(20)8-5-14)23-13-15-6-9-18(25-2)17(24)12-15/h4-9,12,24H,3,10-11,13H2,1-2H3,(H2,21,22,23). The molecule has 0 aliphatic carbocycles. The molecule has 134 valence electrons. The van der Waals surface area contributed by atoms with Gasteiger partial charge in [0.05, 0.1) is 13.7 Å². The number of phenols is 1. The van der Waals surface area contributed by atoms with Crippen LogP contribution in [0.4, 0.5) is 4.39 Å². The average Bonchev–Trinajstić information content (AvgIpc) is 2.61. The van der Waals surface area contributed by atoms with Crippen LogP contribution in [0.3, 0.4) is 0 Å². The summed E-state index contributed by atoms with van der Waals surface area (Å²) in [4.78, 5) is 4.51. The number of nitrogens with one attached hydrogen (secondary N) is 2. The zero-order valence-corrected chi connectivity index (χ0v) is 14.6. The number of methoxy groups -OCH3 is 1. The first-order valence-corrected chi connectivity index (χ1v) is 8.25. The SMILES string of the molecule is CCNC(=NCc1ccc(OC)c(O)c1)NCCc1ccc(F)cc1. The minimum absolute atomic E-state index is 0.101. The number of aromatic hydroxyl groups is 1. The lowest BCUT2D eigenvalue weighted by Gasteiger charge is -2.11. The van der Waals surface area contributed by atoms with Gasteiger partial charge in [0, 0.05) is 13.1 Å². The monoisotopic (exact) mass is 345 g/mol. The van der Waals surface area contributed by atoms with Gasteiger partial charge in [-0.25, -0.2) is 9.38 Å². The smallest absolute Gasteiger partial charge is 0.191 e. The Bertz CT molecular complexity index is 702. The fourth-order valence-electron chi connectivity index (χ4n) is 2.32. The normalized spacial score (nSPS) is 11.2. The number of nitrogens with zero attached hydrogens (tertiary/aromatic N) is 1. The molecule has 0 saturated heterocycles. The van der Waals surface area contributed by atoms with E-state index in [1.165, 1.54) is 19.2 Å². The molecule has 0 aliphatic rings. The van der Waals surface area contributed by atoms with E-state index < -0.39 is 0 Å². The second-order valence-corrected chi connectivity index (χ2v) is 5.50. The molecule has 0 atom stereocenters. The number of phenolic OH excluding ortho intramolecular Hbond substituents is 1. The van der Waals surface area contributed by atoms with Gasteiger partial charge >= 0.3 is 0 Å². The van der Waals surface area contributed by atoms with E-state index in [0.29, 0.717) is 24.8 Å². The molecule has 0 unspecified atom stereocenters. The molecule has 0 aliphatic heterocycles. The van der Waals surface area contributed by atoms with Crippen LogP contribution >= 0.6 is 0 Å². The summed E-state index contributed by atoms with van der Waals surface area (Å²) in [5.41, 5.74) is 1.94. The first-order chi connectivity index (χ1) is 12.1. The molecule has 0 aromatic heterocycles. The summed E-state index contributed by atoms with van der Waals surface area (Å²) in [5, 5.41) is 16.2. The summed E-state index contributed by atoms with van der Waals surface area (Å²) < 4.78 is 17.9. The third-order valence-electron chi connectivity index (χ3n) is 3.63. The third kappa shape index (κ3) is 5.99. The zero-order valence-electron chi connectivity index (χ0n) is 14.6. The quantitative estimate of drug-likeness (QED) is 0.533. The maximum atomic E-state index is 12.9. The Morgan fingerprint density at radius 3 is 2.48 bits per heavy atom. The molecular weight excluding hydrogens is 321 g/mol. The van der Waals surface area contributed by atoms with Crippen LogP contribution in [-0.2, 0) is 13.0 Å². The zero-order chi connectivity index (χ0) is 18.1. The maximum absolute atomic E-state index is 12.9. The largest absolute Gasteiger partial charge is 0.504 e. The topological polar surface area (TPSA) is 65.9 Å². The van der Waals surface area contributed by atoms with Gasteiger partial charge in [0.1, 0.15) is 5.82 Å². The summed E-state index contributed by atoms with van der Waals surface area (Å²) in [6, 6.07) is 11.7. The first kappa shape index (κ1) is 18.6. The lowest BCUT2D eigenvalue weighted by molar-refractivity contribution is 0.373. The van der Waals surface area contributed by atoms with E-state index in [4.69, 9.17) is 4.74 Å². The Morgan fingerprint density at radius 2 is 1.84 bits per heavy atom. The van der Waals surface area contributed by atoms with E-state index in [0.717, 1.165) is 24.1 Å². The molecule has 3 N–H and O–H groups in total. The Balaban J connectivity index is 1.91. The molecule has 2 aromatic rings. The molecule has 0 heterocycles. The van der Waals surface area contributed by atoms with Gasteiger partial charge in [-0.15, -0.1) is 0 Å². The van der Waals surface area contributed by atoms with Crippen LogP contribution in [0.5, 0.6) is 11.5 Å². The molecule has 25 heavy (non-hydrogen) atoms. The highest BCUT2D eigenvalue weighted by Crippen LogP contribution is 2.26. The molecule has 0 radical (unpaired) electrons. The molecular formula is C19H24FN3O2. The highest BCUT2D eigenvalue weighted by Gasteiger charge is 2.03. The Labute approximate surface area is 147 Å².